The maximum Gasteiger partial charge on any atom is 0.242 e. The van der Waals surface area contributed by atoms with Gasteiger partial charge in [0, 0.05) is 16.8 Å². The Balaban J connectivity index is 1.71. The number of nitrogens with one attached hydrogen (secondary N) is 2. The number of benzene rings is 2. The average Bonchev–Trinajstić information content (AvgIpc) is 2.63. The van der Waals surface area contributed by atoms with E-state index in [1.807, 2.05) is 0 Å². The molecule has 1 heterocycles. The van der Waals surface area contributed by atoms with Gasteiger partial charge in [-0.05, 0) is 37.3 Å². The lowest BCUT2D eigenvalue weighted by atomic mass is 10.2. The van der Waals surface area contributed by atoms with Gasteiger partial charge in [0.15, 0.2) is 11.5 Å². The highest BCUT2D eigenvalue weighted by Gasteiger charge is 2.25. The summed E-state index contributed by atoms with van der Waals surface area (Å²) in [4.78, 5) is 12.2. The Morgan fingerprint density at radius 2 is 1.78 bits per heavy atom. The SMILES string of the molecule is C[C@H](NS(=O)(=O)c1cc(Cl)ccc1Cl)C(=O)Nc1ccc2c(c1)OCCO2. The summed E-state index contributed by atoms with van der Waals surface area (Å²) < 4.78 is 38.1. The number of fused-ring (bicyclic) bond motifs is 1. The van der Waals surface area contributed by atoms with Gasteiger partial charge in [-0.25, -0.2) is 8.42 Å². The molecule has 0 aromatic heterocycles. The number of carbonyl (C=O) groups excluding carboxylic acids is 1. The third-order valence-electron chi connectivity index (χ3n) is 3.72. The van der Waals surface area contributed by atoms with Crippen molar-refractivity contribution < 1.29 is 22.7 Å². The van der Waals surface area contributed by atoms with Gasteiger partial charge < -0.3 is 14.8 Å². The second-order valence-corrected chi connectivity index (χ2v) is 8.29. The van der Waals surface area contributed by atoms with Crippen LogP contribution in [0.3, 0.4) is 0 Å². The number of anilines is 1. The summed E-state index contributed by atoms with van der Waals surface area (Å²) in [5, 5.41) is 2.85. The van der Waals surface area contributed by atoms with E-state index >= 15 is 0 Å². The van der Waals surface area contributed by atoms with Crippen molar-refractivity contribution >= 4 is 44.8 Å². The highest BCUT2D eigenvalue weighted by molar-refractivity contribution is 7.89. The van der Waals surface area contributed by atoms with Crippen LogP contribution in [-0.2, 0) is 14.8 Å². The van der Waals surface area contributed by atoms with E-state index in [4.69, 9.17) is 32.7 Å². The van der Waals surface area contributed by atoms with E-state index in [0.717, 1.165) is 0 Å². The highest BCUT2D eigenvalue weighted by atomic mass is 35.5. The molecule has 2 N–H and O–H groups in total. The van der Waals surface area contributed by atoms with Crippen LogP contribution >= 0.6 is 23.2 Å². The van der Waals surface area contributed by atoms with Crippen LogP contribution in [0.2, 0.25) is 10.0 Å². The molecular formula is C17H16Cl2N2O5S. The molecule has 1 aliphatic rings. The minimum atomic E-state index is -4.04. The largest absolute Gasteiger partial charge is 0.486 e. The Hall–Kier alpha value is -2.00. The van der Waals surface area contributed by atoms with E-state index in [9.17, 15) is 13.2 Å². The summed E-state index contributed by atoms with van der Waals surface area (Å²) >= 11 is 11.8. The maximum atomic E-state index is 12.5. The number of sulfonamides is 1. The molecule has 2 aromatic rings. The Labute approximate surface area is 166 Å². The number of amides is 1. The zero-order valence-corrected chi connectivity index (χ0v) is 16.5. The van der Waals surface area contributed by atoms with Crippen molar-refractivity contribution in [2.24, 2.45) is 0 Å². The van der Waals surface area contributed by atoms with Crippen molar-refractivity contribution in [1.29, 1.82) is 0 Å². The Morgan fingerprint density at radius 1 is 1.07 bits per heavy atom. The molecule has 1 atom stereocenters. The smallest absolute Gasteiger partial charge is 0.242 e. The third-order valence-corrected chi connectivity index (χ3v) is 5.98. The zero-order valence-electron chi connectivity index (χ0n) is 14.2. The number of halogens is 2. The molecule has 7 nitrogen and oxygen atoms in total. The first-order chi connectivity index (χ1) is 12.8. The van der Waals surface area contributed by atoms with Gasteiger partial charge in [0.1, 0.15) is 18.1 Å². The Kier molecular flexibility index (Phi) is 5.81. The van der Waals surface area contributed by atoms with Crippen LogP contribution < -0.4 is 19.5 Å². The van der Waals surface area contributed by atoms with E-state index in [-0.39, 0.29) is 14.9 Å². The van der Waals surface area contributed by atoms with Crippen LogP contribution in [0.1, 0.15) is 6.92 Å². The minimum absolute atomic E-state index is 0.00587. The summed E-state index contributed by atoms with van der Waals surface area (Å²) in [6.07, 6.45) is 0. The molecule has 0 unspecified atom stereocenters. The monoisotopic (exact) mass is 430 g/mol. The molecule has 0 saturated carbocycles. The highest BCUT2D eigenvalue weighted by Crippen LogP contribution is 2.32. The number of hydrogen-bond acceptors (Lipinski definition) is 5. The van der Waals surface area contributed by atoms with Crippen molar-refractivity contribution in [3.05, 3.63) is 46.4 Å². The Bertz CT molecular complexity index is 981. The number of ether oxygens (including phenoxy) is 2. The van der Waals surface area contributed by atoms with Gasteiger partial charge in [-0.1, -0.05) is 23.2 Å². The lowest BCUT2D eigenvalue weighted by molar-refractivity contribution is -0.117. The van der Waals surface area contributed by atoms with Gasteiger partial charge >= 0.3 is 0 Å². The van der Waals surface area contributed by atoms with Gasteiger partial charge in [0.05, 0.1) is 11.1 Å². The quantitative estimate of drug-likeness (QED) is 0.759. The Morgan fingerprint density at radius 3 is 2.52 bits per heavy atom. The molecule has 2 aromatic carbocycles. The van der Waals surface area contributed by atoms with Gasteiger partial charge in [0.25, 0.3) is 0 Å². The summed E-state index contributed by atoms with van der Waals surface area (Å²) in [5.41, 5.74) is 0.455. The molecule has 144 valence electrons. The van der Waals surface area contributed by atoms with Crippen molar-refractivity contribution in [1.82, 2.24) is 4.72 Å². The lowest BCUT2D eigenvalue weighted by Crippen LogP contribution is -2.41. The van der Waals surface area contributed by atoms with Gasteiger partial charge in [-0.2, -0.15) is 4.72 Å². The normalized spacial score (nSPS) is 14.5. The lowest BCUT2D eigenvalue weighted by Gasteiger charge is -2.20. The van der Waals surface area contributed by atoms with Crippen molar-refractivity contribution in [3.63, 3.8) is 0 Å². The molecule has 1 amide bonds. The first-order valence-electron chi connectivity index (χ1n) is 7.94. The average molecular weight is 431 g/mol. The molecule has 0 fully saturated rings. The fraction of sp³-hybridized carbons (Fsp3) is 0.235. The van der Waals surface area contributed by atoms with E-state index in [1.165, 1.54) is 25.1 Å². The molecule has 3 rings (SSSR count). The molecular weight excluding hydrogens is 415 g/mol. The standard InChI is InChI=1S/C17H16Cl2N2O5S/c1-10(21-27(23,24)16-8-11(18)2-4-13(16)19)17(22)20-12-3-5-14-15(9-12)26-7-6-25-14/h2-5,8-10,21H,6-7H2,1H3,(H,20,22)/t10-/m0/s1. The van der Waals surface area contributed by atoms with Crippen molar-refractivity contribution in [3.8, 4) is 11.5 Å². The molecule has 0 saturated heterocycles. The number of rotatable bonds is 5. The van der Waals surface area contributed by atoms with E-state index in [2.05, 4.69) is 10.0 Å². The van der Waals surface area contributed by atoms with Crippen LogP contribution in [0.5, 0.6) is 11.5 Å². The third kappa shape index (κ3) is 4.65. The number of hydrogen-bond donors (Lipinski definition) is 2. The van der Waals surface area contributed by atoms with Gasteiger partial charge in [-0.3, -0.25) is 4.79 Å². The van der Waals surface area contributed by atoms with Crippen molar-refractivity contribution in [2.45, 2.75) is 17.9 Å². The molecule has 0 spiro atoms. The molecule has 10 heteroatoms. The van der Waals surface area contributed by atoms with Crippen LogP contribution in [0, 0.1) is 0 Å². The van der Waals surface area contributed by atoms with Gasteiger partial charge in [0.2, 0.25) is 15.9 Å². The first-order valence-corrected chi connectivity index (χ1v) is 10.2. The summed E-state index contributed by atoms with van der Waals surface area (Å²) in [7, 11) is -4.04. The van der Waals surface area contributed by atoms with Crippen LogP contribution in [0.15, 0.2) is 41.3 Å². The maximum absolute atomic E-state index is 12.5. The second-order valence-electron chi connectivity index (χ2n) is 5.77. The van der Waals surface area contributed by atoms with E-state index < -0.39 is 22.0 Å². The predicted molar refractivity (Wildman–Crippen MR) is 102 cm³/mol. The molecule has 0 bridgehead atoms. The van der Waals surface area contributed by atoms with Crippen LogP contribution in [-0.4, -0.2) is 33.6 Å². The van der Waals surface area contributed by atoms with E-state index in [1.54, 1.807) is 18.2 Å². The second kappa shape index (κ2) is 7.93. The zero-order chi connectivity index (χ0) is 19.6. The molecule has 0 aliphatic carbocycles. The fourth-order valence-electron chi connectivity index (χ4n) is 2.40. The van der Waals surface area contributed by atoms with Gasteiger partial charge in [-0.15, -0.1) is 0 Å². The first kappa shape index (κ1) is 19.8. The minimum Gasteiger partial charge on any atom is -0.486 e. The fourth-order valence-corrected chi connectivity index (χ4v) is 4.37. The number of carbonyl (C=O) groups is 1. The van der Waals surface area contributed by atoms with Crippen LogP contribution in [0.4, 0.5) is 5.69 Å². The van der Waals surface area contributed by atoms with E-state index in [0.29, 0.717) is 30.4 Å². The molecule has 27 heavy (non-hydrogen) atoms. The predicted octanol–water partition coefficient (Wildman–Crippen LogP) is 3.07. The molecule has 0 radical (unpaired) electrons. The molecule has 1 aliphatic heterocycles. The summed E-state index contributed by atoms with van der Waals surface area (Å²) in [5.74, 6) is 0.551. The van der Waals surface area contributed by atoms with Crippen LogP contribution in [0.25, 0.3) is 0 Å². The summed E-state index contributed by atoms with van der Waals surface area (Å²) in [6.45, 7) is 2.30. The summed E-state index contributed by atoms with van der Waals surface area (Å²) in [6, 6.07) is 7.93. The topological polar surface area (TPSA) is 93.7 Å². The van der Waals surface area contributed by atoms with Crippen molar-refractivity contribution in [2.75, 3.05) is 18.5 Å².